The van der Waals surface area contributed by atoms with Crippen LogP contribution in [0.3, 0.4) is 0 Å². The lowest BCUT2D eigenvalue weighted by Gasteiger charge is -2.25. The van der Waals surface area contributed by atoms with Gasteiger partial charge in [0.05, 0.1) is 31.7 Å². The summed E-state index contributed by atoms with van der Waals surface area (Å²) in [5, 5.41) is 28.3. The summed E-state index contributed by atoms with van der Waals surface area (Å²) >= 11 is 7.07. The topological polar surface area (TPSA) is 176 Å². The number of carboxylic acid groups (broad SMARTS) is 1. The number of carbonyl (C=O) groups excluding carboxylic acids is 3. The Hall–Kier alpha value is -4.04. The number of ketones is 1. The Balaban J connectivity index is 1.66. The van der Waals surface area contributed by atoms with E-state index in [1.807, 2.05) is 0 Å². The Labute approximate surface area is 250 Å². The van der Waals surface area contributed by atoms with Crippen LogP contribution in [-0.2, 0) is 31.4 Å². The molecule has 0 fully saturated rings. The predicted octanol–water partition coefficient (Wildman–Crippen LogP) is 2.81. The minimum Gasteiger partial charge on any atom is -0.496 e. The number of aromatic nitrogens is 4. The molecule has 1 heterocycles. The number of carboxylic acids is 1. The van der Waals surface area contributed by atoms with Crippen molar-refractivity contribution in [3.63, 3.8) is 0 Å². The van der Waals surface area contributed by atoms with Gasteiger partial charge in [-0.1, -0.05) is 31.5 Å². The van der Waals surface area contributed by atoms with Crippen LogP contribution >= 0.6 is 23.4 Å². The zero-order valence-corrected chi connectivity index (χ0v) is 24.6. The number of nitrogens with zero attached hydrogens (tertiary/aromatic N) is 3. The molecule has 15 heteroatoms. The van der Waals surface area contributed by atoms with E-state index in [0.29, 0.717) is 22.7 Å². The number of nitrogens with one attached hydrogen (secondary N) is 3. The molecule has 0 unspecified atom stereocenters. The molecule has 4 N–H and O–H groups in total. The summed E-state index contributed by atoms with van der Waals surface area (Å²) in [6.07, 6.45) is -0.813. The zero-order chi connectivity index (χ0) is 30.8. The summed E-state index contributed by atoms with van der Waals surface area (Å²) in [5.74, 6) is -3.30. The van der Waals surface area contributed by atoms with Crippen molar-refractivity contribution in [2.75, 3.05) is 12.9 Å². The van der Waals surface area contributed by atoms with E-state index < -0.39 is 53.8 Å². The van der Waals surface area contributed by atoms with E-state index in [1.165, 1.54) is 25.3 Å². The van der Waals surface area contributed by atoms with Gasteiger partial charge in [0, 0.05) is 27.5 Å². The van der Waals surface area contributed by atoms with Crippen molar-refractivity contribution in [1.82, 2.24) is 31.3 Å². The number of hydrogen-bond donors (Lipinski definition) is 4. The molecule has 3 aromatic rings. The van der Waals surface area contributed by atoms with E-state index in [1.54, 1.807) is 32.0 Å². The van der Waals surface area contributed by atoms with Gasteiger partial charge in [-0.25, -0.2) is 9.49 Å². The highest BCUT2D eigenvalue weighted by molar-refractivity contribution is 7.99. The normalized spacial score (nSPS) is 12.4. The first-order valence-electron chi connectivity index (χ1n) is 12.8. The number of methoxy groups -OCH3 is 1. The van der Waals surface area contributed by atoms with Crippen LogP contribution in [0.25, 0.3) is 11.4 Å². The van der Waals surface area contributed by atoms with Gasteiger partial charge >= 0.3 is 5.97 Å². The molecule has 0 aliphatic rings. The maximum absolute atomic E-state index is 14.0. The molecule has 2 amide bonds. The molecule has 0 aliphatic heterocycles. The molecule has 0 bridgehead atoms. The lowest BCUT2D eigenvalue weighted by Crippen LogP contribution is -2.54. The second kappa shape index (κ2) is 15.3. The molecule has 0 spiro atoms. The minimum absolute atomic E-state index is 0.0767. The van der Waals surface area contributed by atoms with E-state index in [2.05, 4.69) is 31.3 Å². The van der Waals surface area contributed by atoms with E-state index in [9.17, 15) is 28.7 Å². The van der Waals surface area contributed by atoms with Gasteiger partial charge in [0.15, 0.2) is 11.6 Å². The number of H-pyrrole nitrogens is 1. The van der Waals surface area contributed by atoms with E-state index in [-0.39, 0.29) is 28.5 Å². The van der Waals surface area contributed by atoms with Crippen LogP contribution < -0.4 is 15.4 Å². The van der Waals surface area contributed by atoms with Crippen LogP contribution in [0.15, 0.2) is 36.4 Å². The lowest BCUT2D eigenvalue weighted by molar-refractivity contribution is -0.140. The molecule has 42 heavy (non-hydrogen) atoms. The molecule has 2 aromatic carbocycles. The fraction of sp³-hybridized carbons (Fsp3) is 0.370. The maximum Gasteiger partial charge on any atom is 0.305 e. The molecular formula is C27H30ClFN6O6S. The third-order valence-electron chi connectivity index (χ3n) is 6.15. The summed E-state index contributed by atoms with van der Waals surface area (Å²) < 4.78 is 19.4. The molecule has 0 saturated carbocycles. The van der Waals surface area contributed by atoms with Crippen LogP contribution in [0.2, 0.25) is 5.02 Å². The number of hydrogen-bond acceptors (Lipinski definition) is 9. The summed E-state index contributed by atoms with van der Waals surface area (Å²) in [5.41, 5.74) is 1.35. The summed E-state index contributed by atoms with van der Waals surface area (Å²) in [7, 11) is 1.46. The van der Waals surface area contributed by atoms with Crippen LogP contribution in [0.1, 0.15) is 31.4 Å². The van der Waals surface area contributed by atoms with Crippen LogP contribution in [-0.4, -0.2) is 74.2 Å². The molecule has 0 aliphatic carbocycles. The average molecular weight is 621 g/mol. The highest BCUT2D eigenvalue weighted by Crippen LogP contribution is 2.26. The number of halogens is 2. The number of carbonyl (C=O) groups is 4. The molecule has 12 nitrogen and oxygen atoms in total. The third-order valence-corrected chi connectivity index (χ3v) is 7.49. The predicted molar refractivity (Wildman–Crippen MR) is 153 cm³/mol. The molecule has 0 saturated heterocycles. The number of amides is 2. The molecule has 224 valence electrons. The Morgan fingerprint density at radius 3 is 2.55 bits per heavy atom. The van der Waals surface area contributed by atoms with Gasteiger partial charge in [-0.05, 0) is 46.7 Å². The number of aliphatic carboxylic acids is 1. The fourth-order valence-electron chi connectivity index (χ4n) is 3.98. The maximum atomic E-state index is 14.0. The van der Waals surface area contributed by atoms with Crippen molar-refractivity contribution < 1.29 is 33.4 Å². The average Bonchev–Trinajstić information content (AvgIpc) is 3.47. The minimum atomic E-state index is -1.36. The molecule has 1 aromatic heterocycles. The summed E-state index contributed by atoms with van der Waals surface area (Å²) in [6, 6.07) is 6.86. The van der Waals surface area contributed by atoms with Crippen LogP contribution in [0.5, 0.6) is 5.75 Å². The molecule has 0 radical (unpaired) electrons. The Morgan fingerprint density at radius 2 is 1.93 bits per heavy atom. The largest absolute Gasteiger partial charge is 0.496 e. The van der Waals surface area contributed by atoms with Crippen molar-refractivity contribution in [2.45, 2.75) is 44.5 Å². The number of thioether (sulfide) groups is 1. The standard InChI is InChI=1S/C27H30ClFN6O6S/c1-14(2)25(31-23(37)10-16-9-15(7-8-22(16)41-3)26-32-34-35-33-26)27(40)30-20(11-24(38)39)21(36)13-42-12-17-18(28)5-4-6-19(17)29/h4-9,14,20,25H,10-13H2,1-3H3,(H,30,40)(H,31,37)(H,38,39)(H,32,33,34,35)/t20-,25-/m0/s1. The van der Waals surface area contributed by atoms with Gasteiger partial charge in [0.1, 0.15) is 17.6 Å². The first kappa shape index (κ1) is 32.5. The number of Topliss-reactive ketones (excluding diaryl/α,β-unsaturated/α-hetero) is 1. The van der Waals surface area contributed by atoms with Gasteiger partial charge in [-0.3, -0.25) is 19.2 Å². The lowest BCUT2D eigenvalue weighted by atomic mass is 10.0. The molecule has 2 atom stereocenters. The van der Waals surface area contributed by atoms with E-state index >= 15 is 0 Å². The SMILES string of the molecule is COc1ccc(-c2nnn[nH]2)cc1CC(=O)N[C@H](C(=O)N[C@@H](CC(=O)O)C(=O)CSCc1c(F)cccc1Cl)C(C)C. The first-order valence-corrected chi connectivity index (χ1v) is 14.3. The smallest absolute Gasteiger partial charge is 0.305 e. The van der Waals surface area contributed by atoms with Gasteiger partial charge in [0.2, 0.25) is 11.8 Å². The van der Waals surface area contributed by atoms with Crippen molar-refractivity contribution in [1.29, 1.82) is 0 Å². The first-order chi connectivity index (χ1) is 20.0. The number of ether oxygens (including phenoxy) is 1. The fourth-order valence-corrected chi connectivity index (χ4v) is 5.29. The van der Waals surface area contributed by atoms with Crippen LogP contribution in [0.4, 0.5) is 4.39 Å². The van der Waals surface area contributed by atoms with Crippen molar-refractivity contribution in [2.24, 2.45) is 5.92 Å². The Kier molecular flexibility index (Phi) is 11.8. The van der Waals surface area contributed by atoms with Gasteiger partial charge in [0.25, 0.3) is 0 Å². The quantitative estimate of drug-likeness (QED) is 0.198. The third kappa shape index (κ3) is 8.98. The number of benzene rings is 2. The van der Waals surface area contributed by atoms with E-state index in [4.69, 9.17) is 16.3 Å². The van der Waals surface area contributed by atoms with Crippen molar-refractivity contribution >= 4 is 46.9 Å². The van der Waals surface area contributed by atoms with E-state index in [0.717, 1.165) is 11.8 Å². The number of rotatable bonds is 15. The monoisotopic (exact) mass is 620 g/mol. The Bertz CT molecular complexity index is 1400. The second-order valence-corrected chi connectivity index (χ2v) is 11.0. The van der Waals surface area contributed by atoms with Crippen molar-refractivity contribution in [3.8, 4) is 17.1 Å². The number of tetrazole rings is 1. The van der Waals surface area contributed by atoms with Crippen molar-refractivity contribution in [3.05, 3.63) is 58.4 Å². The molecular weight excluding hydrogens is 591 g/mol. The van der Waals surface area contributed by atoms with Gasteiger partial charge in [-0.15, -0.1) is 16.9 Å². The summed E-state index contributed by atoms with van der Waals surface area (Å²) in [6.45, 7) is 3.40. The highest BCUT2D eigenvalue weighted by atomic mass is 35.5. The van der Waals surface area contributed by atoms with Gasteiger partial charge < -0.3 is 20.5 Å². The Morgan fingerprint density at radius 1 is 1.17 bits per heavy atom. The van der Waals surface area contributed by atoms with Crippen LogP contribution in [0, 0.1) is 11.7 Å². The molecule has 3 rings (SSSR count). The second-order valence-electron chi connectivity index (χ2n) is 9.56. The highest BCUT2D eigenvalue weighted by Gasteiger charge is 2.30. The zero-order valence-electron chi connectivity index (χ0n) is 23.0. The van der Waals surface area contributed by atoms with Gasteiger partial charge in [-0.2, -0.15) is 0 Å². The summed E-state index contributed by atoms with van der Waals surface area (Å²) in [4.78, 5) is 50.6. The number of aromatic amines is 1.